The average Bonchev–Trinajstić information content (AvgIpc) is 2.34. The molecule has 1 aromatic carbocycles. The van der Waals surface area contributed by atoms with Crippen LogP contribution in [0.5, 0.6) is 5.75 Å². The first-order valence-corrected chi connectivity index (χ1v) is 5.71. The number of carbonyl (C=O) groups is 1. The van der Waals surface area contributed by atoms with E-state index in [0.29, 0.717) is 6.61 Å². The molecule has 2 N–H and O–H groups in total. The first-order valence-electron chi connectivity index (χ1n) is 5.71. The standard InChI is InChI=1S/C13H19NO3/c1-10(2)12(14)13(15)17-9-8-16-11-6-4-3-5-7-11/h3-7,10,12H,8-9,14H2,1-2H3/t12-/m1/s1. The molecule has 17 heavy (non-hydrogen) atoms. The van der Waals surface area contributed by atoms with Gasteiger partial charge in [-0.05, 0) is 18.1 Å². The minimum Gasteiger partial charge on any atom is -0.490 e. The number of esters is 1. The van der Waals surface area contributed by atoms with Gasteiger partial charge in [0, 0.05) is 0 Å². The quantitative estimate of drug-likeness (QED) is 0.603. The van der Waals surface area contributed by atoms with Crippen molar-refractivity contribution < 1.29 is 14.3 Å². The van der Waals surface area contributed by atoms with Crippen LogP contribution >= 0.6 is 0 Å². The lowest BCUT2D eigenvalue weighted by Gasteiger charge is -2.14. The number of carbonyl (C=O) groups excluding carboxylic acids is 1. The molecule has 0 aliphatic carbocycles. The summed E-state index contributed by atoms with van der Waals surface area (Å²) >= 11 is 0. The highest BCUT2D eigenvalue weighted by atomic mass is 16.6. The average molecular weight is 237 g/mol. The molecule has 0 saturated heterocycles. The van der Waals surface area contributed by atoms with Crippen molar-refractivity contribution in [2.75, 3.05) is 13.2 Å². The van der Waals surface area contributed by atoms with E-state index < -0.39 is 6.04 Å². The number of rotatable bonds is 6. The molecule has 1 aromatic rings. The van der Waals surface area contributed by atoms with Gasteiger partial charge in [-0.15, -0.1) is 0 Å². The molecule has 4 heteroatoms. The minimum absolute atomic E-state index is 0.0811. The number of ether oxygens (including phenoxy) is 2. The molecule has 0 saturated carbocycles. The van der Waals surface area contributed by atoms with Crippen LogP contribution in [0.1, 0.15) is 13.8 Å². The largest absolute Gasteiger partial charge is 0.490 e. The summed E-state index contributed by atoms with van der Waals surface area (Å²) in [6.45, 7) is 4.31. The molecule has 0 spiro atoms. The van der Waals surface area contributed by atoms with Crippen molar-refractivity contribution >= 4 is 5.97 Å². The molecule has 94 valence electrons. The van der Waals surface area contributed by atoms with Crippen molar-refractivity contribution in [3.8, 4) is 5.75 Å². The first kappa shape index (κ1) is 13.5. The Hall–Kier alpha value is -1.55. The van der Waals surface area contributed by atoms with Gasteiger partial charge in [0.2, 0.25) is 0 Å². The number of para-hydroxylation sites is 1. The maximum absolute atomic E-state index is 11.4. The fourth-order valence-corrected chi connectivity index (χ4v) is 1.19. The van der Waals surface area contributed by atoms with Gasteiger partial charge < -0.3 is 15.2 Å². The van der Waals surface area contributed by atoms with E-state index in [-0.39, 0.29) is 18.5 Å². The fourth-order valence-electron chi connectivity index (χ4n) is 1.19. The Labute approximate surface area is 102 Å². The Morgan fingerprint density at radius 3 is 2.47 bits per heavy atom. The van der Waals surface area contributed by atoms with Crippen LogP contribution in [0.15, 0.2) is 30.3 Å². The summed E-state index contributed by atoms with van der Waals surface area (Å²) in [5.41, 5.74) is 5.64. The fraction of sp³-hybridized carbons (Fsp3) is 0.462. The number of hydrogen-bond donors (Lipinski definition) is 1. The lowest BCUT2D eigenvalue weighted by Crippen LogP contribution is -2.37. The molecule has 0 heterocycles. The van der Waals surface area contributed by atoms with Gasteiger partial charge in [-0.2, -0.15) is 0 Å². The smallest absolute Gasteiger partial charge is 0.323 e. The number of benzene rings is 1. The Bertz CT molecular complexity index is 338. The predicted molar refractivity (Wildman–Crippen MR) is 65.7 cm³/mol. The molecule has 0 bridgehead atoms. The first-order chi connectivity index (χ1) is 8.11. The third kappa shape index (κ3) is 4.87. The van der Waals surface area contributed by atoms with Gasteiger partial charge in [-0.1, -0.05) is 32.0 Å². The topological polar surface area (TPSA) is 61.6 Å². The van der Waals surface area contributed by atoms with Crippen LogP contribution in [-0.4, -0.2) is 25.2 Å². The van der Waals surface area contributed by atoms with E-state index in [1.165, 1.54) is 0 Å². The van der Waals surface area contributed by atoms with Crippen LogP contribution < -0.4 is 10.5 Å². The van der Waals surface area contributed by atoms with Crippen LogP contribution in [0.2, 0.25) is 0 Å². The van der Waals surface area contributed by atoms with E-state index in [1.54, 1.807) is 0 Å². The lowest BCUT2D eigenvalue weighted by atomic mass is 10.1. The van der Waals surface area contributed by atoms with Crippen LogP contribution in [0.4, 0.5) is 0 Å². The summed E-state index contributed by atoms with van der Waals surface area (Å²) in [7, 11) is 0. The Morgan fingerprint density at radius 1 is 1.24 bits per heavy atom. The second-order valence-electron chi connectivity index (χ2n) is 4.10. The summed E-state index contributed by atoms with van der Waals surface area (Å²) < 4.78 is 10.4. The van der Waals surface area contributed by atoms with E-state index >= 15 is 0 Å². The summed E-state index contributed by atoms with van der Waals surface area (Å²) in [6.07, 6.45) is 0. The Morgan fingerprint density at radius 2 is 1.88 bits per heavy atom. The lowest BCUT2D eigenvalue weighted by molar-refractivity contribution is -0.147. The van der Waals surface area contributed by atoms with Crippen molar-refractivity contribution in [3.05, 3.63) is 30.3 Å². The molecule has 1 atom stereocenters. The predicted octanol–water partition coefficient (Wildman–Crippen LogP) is 1.59. The molecule has 0 aromatic heterocycles. The van der Waals surface area contributed by atoms with Crippen molar-refractivity contribution in [3.63, 3.8) is 0 Å². The van der Waals surface area contributed by atoms with Crippen molar-refractivity contribution in [1.82, 2.24) is 0 Å². The summed E-state index contributed by atoms with van der Waals surface area (Å²) in [5.74, 6) is 0.464. The summed E-state index contributed by atoms with van der Waals surface area (Å²) in [6, 6.07) is 8.82. The van der Waals surface area contributed by atoms with Crippen molar-refractivity contribution in [2.45, 2.75) is 19.9 Å². The molecule has 1 rings (SSSR count). The highest BCUT2D eigenvalue weighted by molar-refractivity contribution is 5.75. The summed E-state index contributed by atoms with van der Waals surface area (Å²) in [5, 5.41) is 0. The molecule has 0 aliphatic heterocycles. The van der Waals surface area contributed by atoms with Gasteiger partial charge in [0.05, 0.1) is 0 Å². The van der Waals surface area contributed by atoms with Crippen molar-refractivity contribution in [2.24, 2.45) is 11.7 Å². The third-order valence-corrected chi connectivity index (χ3v) is 2.33. The zero-order valence-corrected chi connectivity index (χ0v) is 10.3. The maximum Gasteiger partial charge on any atom is 0.323 e. The van der Waals surface area contributed by atoms with E-state index in [4.69, 9.17) is 15.2 Å². The Balaban J connectivity index is 2.18. The van der Waals surface area contributed by atoms with E-state index in [1.807, 2.05) is 44.2 Å². The highest BCUT2D eigenvalue weighted by Gasteiger charge is 2.18. The normalized spacial score (nSPS) is 12.2. The van der Waals surface area contributed by atoms with E-state index in [9.17, 15) is 4.79 Å². The second kappa shape index (κ2) is 6.91. The zero-order valence-electron chi connectivity index (χ0n) is 10.3. The zero-order chi connectivity index (χ0) is 12.7. The van der Waals surface area contributed by atoms with Crippen LogP contribution in [0.25, 0.3) is 0 Å². The van der Waals surface area contributed by atoms with Crippen LogP contribution in [-0.2, 0) is 9.53 Å². The molecule has 4 nitrogen and oxygen atoms in total. The molecule has 0 aliphatic rings. The van der Waals surface area contributed by atoms with Crippen LogP contribution in [0.3, 0.4) is 0 Å². The molecule has 0 unspecified atom stereocenters. The van der Waals surface area contributed by atoms with Gasteiger partial charge in [0.1, 0.15) is 25.0 Å². The third-order valence-electron chi connectivity index (χ3n) is 2.33. The molecular weight excluding hydrogens is 218 g/mol. The maximum atomic E-state index is 11.4. The van der Waals surface area contributed by atoms with Gasteiger partial charge in [-0.25, -0.2) is 0 Å². The monoisotopic (exact) mass is 237 g/mol. The number of nitrogens with two attached hydrogens (primary N) is 1. The van der Waals surface area contributed by atoms with Gasteiger partial charge in [0.15, 0.2) is 0 Å². The summed E-state index contributed by atoms with van der Waals surface area (Å²) in [4.78, 5) is 11.4. The van der Waals surface area contributed by atoms with E-state index in [2.05, 4.69) is 0 Å². The molecule has 0 amide bonds. The van der Waals surface area contributed by atoms with Gasteiger partial charge in [0.25, 0.3) is 0 Å². The van der Waals surface area contributed by atoms with E-state index in [0.717, 1.165) is 5.75 Å². The molecule has 0 radical (unpaired) electrons. The van der Waals surface area contributed by atoms with Gasteiger partial charge >= 0.3 is 5.97 Å². The minimum atomic E-state index is -0.563. The van der Waals surface area contributed by atoms with Gasteiger partial charge in [-0.3, -0.25) is 4.79 Å². The Kier molecular flexibility index (Phi) is 5.49. The van der Waals surface area contributed by atoms with Crippen molar-refractivity contribution in [1.29, 1.82) is 0 Å². The SMILES string of the molecule is CC(C)[C@@H](N)C(=O)OCCOc1ccccc1. The molecule has 0 fully saturated rings. The molecular formula is C13H19NO3. The highest BCUT2D eigenvalue weighted by Crippen LogP contribution is 2.07. The second-order valence-corrected chi connectivity index (χ2v) is 4.10. The van der Waals surface area contributed by atoms with Crippen LogP contribution in [0, 0.1) is 5.92 Å². The number of hydrogen-bond acceptors (Lipinski definition) is 4.